The van der Waals surface area contributed by atoms with E-state index in [1.54, 1.807) is 6.92 Å². The molecule has 0 bridgehead atoms. The standard InChI is InChI=1S/C12H13N3O5S/c1-8-4-3-5-11(15(16)17)12(8)21(18,19)14-7-10-6-13-20-9(10)2/h3-6,14H,7H2,1-2H3. The first-order chi connectivity index (χ1) is 9.83. The van der Waals surface area contributed by atoms with E-state index in [0.717, 1.165) is 6.07 Å². The minimum Gasteiger partial charge on any atom is -0.361 e. The summed E-state index contributed by atoms with van der Waals surface area (Å²) in [5.74, 6) is 0.483. The van der Waals surface area contributed by atoms with Gasteiger partial charge in [0.05, 0.1) is 11.1 Å². The van der Waals surface area contributed by atoms with E-state index >= 15 is 0 Å². The van der Waals surface area contributed by atoms with Crippen molar-refractivity contribution in [3.8, 4) is 0 Å². The molecule has 112 valence electrons. The third kappa shape index (κ3) is 3.09. The van der Waals surface area contributed by atoms with Gasteiger partial charge in [0.2, 0.25) is 10.0 Å². The molecule has 9 heteroatoms. The van der Waals surface area contributed by atoms with Crippen LogP contribution in [-0.2, 0) is 16.6 Å². The number of hydrogen-bond acceptors (Lipinski definition) is 6. The number of aryl methyl sites for hydroxylation is 2. The Morgan fingerprint density at radius 3 is 2.67 bits per heavy atom. The molecule has 0 aliphatic rings. The van der Waals surface area contributed by atoms with Crippen molar-refractivity contribution in [1.82, 2.24) is 9.88 Å². The maximum absolute atomic E-state index is 12.3. The van der Waals surface area contributed by atoms with Gasteiger partial charge in [-0.25, -0.2) is 13.1 Å². The van der Waals surface area contributed by atoms with Crippen LogP contribution < -0.4 is 4.72 Å². The van der Waals surface area contributed by atoms with E-state index in [-0.39, 0.29) is 11.4 Å². The second-order valence-electron chi connectivity index (χ2n) is 4.41. The number of hydrogen-bond donors (Lipinski definition) is 1. The summed E-state index contributed by atoms with van der Waals surface area (Å²) in [5, 5.41) is 14.5. The van der Waals surface area contributed by atoms with Crippen molar-refractivity contribution in [3.05, 3.63) is 51.4 Å². The van der Waals surface area contributed by atoms with Crippen LogP contribution in [0.1, 0.15) is 16.9 Å². The molecule has 0 saturated heterocycles. The molecule has 0 aliphatic carbocycles. The highest BCUT2D eigenvalue weighted by Crippen LogP contribution is 2.26. The Bertz CT molecular complexity index is 782. The summed E-state index contributed by atoms with van der Waals surface area (Å²) in [6, 6.07) is 4.11. The maximum atomic E-state index is 12.3. The second kappa shape index (κ2) is 5.62. The molecule has 1 aromatic carbocycles. The van der Waals surface area contributed by atoms with Crippen LogP contribution in [0.15, 0.2) is 33.8 Å². The van der Waals surface area contributed by atoms with Crippen LogP contribution in [0.4, 0.5) is 5.69 Å². The largest absolute Gasteiger partial charge is 0.361 e. The molecular formula is C12H13N3O5S. The van der Waals surface area contributed by atoms with Gasteiger partial charge in [-0.3, -0.25) is 10.1 Å². The van der Waals surface area contributed by atoms with Crippen molar-refractivity contribution in [2.45, 2.75) is 25.3 Å². The molecule has 0 fully saturated rings. The first-order valence-corrected chi connectivity index (χ1v) is 7.45. The smallest absolute Gasteiger partial charge is 0.289 e. The Morgan fingerprint density at radius 2 is 2.10 bits per heavy atom. The third-order valence-electron chi connectivity index (χ3n) is 2.96. The highest BCUT2D eigenvalue weighted by molar-refractivity contribution is 7.89. The Balaban J connectivity index is 2.36. The number of nitrogens with zero attached hydrogens (tertiary/aromatic N) is 2. The van der Waals surface area contributed by atoms with E-state index in [9.17, 15) is 18.5 Å². The first-order valence-electron chi connectivity index (χ1n) is 5.97. The van der Waals surface area contributed by atoms with Gasteiger partial charge in [-0.15, -0.1) is 0 Å². The van der Waals surface area contributed by atoms with Crippen molar-refractivity contribution in [1.29, 1.82) is 0 Å². The fourth-order valence-electron chi connectivity index (χ4n) is 1.86. The average molecular weight is 311 g/mol. The van der Waals surface area contributed by atoms with E-state index in [2.05, 4.69) is 9.88 Å². The lowest BCUT2D eigenvalue weighted by molar-refractivity contribution is -0.387. The lowest BCUT2D eigenvalue weighted by Crippen LogP contribution is -2.25. The summed E-state index contributed by atoms with van der Waals surface area (Å²) in [4.78, 5) is 9.95. The van der Waals surface area contributed by atoms with E-state index in [1.807, 2.05) is 0 Å². The minimum absolute atomic E-state index is 0.0524. The molecule has 2 rings (SSSR count). The van der Waals surface area contributed by atoms with Gasteiger partial charge in [0, 0.05) is 18.2 Å². The molecule has 1 N–H and O–H groups in total. The van der Waals surface area contributed by atoms with Gasteiger partial charge in [-0.1, -0.05) is 17.3 Å². The third-order valence-corrected chi connectivity index (χ3v) is 4.55. The fraction of sp³-hybridized carbons (Fsp3) is 0.250. The van der Waals surface area contributed by atoms with Crippen molar-refractivity contribution in [3.63, 3.8) is 0 Å². The van der Waals surface area contributed by atoms with Gasteiger partial charge < -0.3 is 4.52 Å². The van der Waals surface area contributed by atoms with E-state index < -0.39 is 20.6 Å². The zero-order valence-corrected chi connectivity index (χ0v) is 12.2. The van der Waals surface area contributed by atoms with E-state index in [0.29, 0.717) is 16.9 Å². The summed E-state index contributed by atoms with van der Waals surface area (Å²) >= 11 is 0. The Hall–Kier alpha value is -2.26. The van der Waals surface area contributed by atoms with E-state index in [4.69, 9.17) is 4.52 Å². The highest BCUT2D eigenvalue weighted by Gasteiger charge is 2.27. The molecular weight excluding hydrogens is 298 g/mol. The zero-order valence-electron chi connectivity index (χ0n) is 11.4. The van der Waals surface area contributed by atoms with Gasteiger partial charge in [-0.05, 0) is 19.4 Å². The number of nitro benzene ring substituents is 1. The van der Waals surface area contributed by atoms with Gasteiger partial charge >= 0.3 is 0 Å². The lowest BCUT2D eigenvalue weighted by atomic mass is 10.2. The van der Waals surface area contributed by atoms with Crippen molar-refractivity contribution >= 4 is 15.7 Å². The quantitative estimate of drug-likeness (QED) is 0.663. The van der Waals surface area contributed by atoms with Crippen LogP contribution in [0, 0.1) is 24.0 Å². The minimum atomic E-state index is -4.02. The number of sulfonamides is 1. The Labute approximate surface area is 121 Å². The molecule has 0 atom stereocenters. The zero-order chi connectivity index (χ0) is 15.6. The molecule has 0 aliphatic heterocycles. The molecule has 1 heterocycles. The summed E-state index contributed by atoms with van der Waals surface area (Å²) < 4.78 is 31.8. The number of benzene rings is 1. The van der Waals surface area contributed by atoms with Gasteiger partial charge in [0.25, 0.3) is 5.69 Å². The predicted octanol–water partition coefficient (Wildman–Crippen LogP) is 1.68. The molecule has 0 radical (unpaired) electrons. The van der Waals surface area contributed by atoms with E-state index in [1.165, 1.54) is 25.3 Å². The first kappa shape index (κ1) is 15.1. The predicted molar refractivity (Wildman–Crippen MR) is 73.1 cm³/mol. The maximum Gasteiger partial charge on any atom is 0.289 e. The monoisotopic (exact) mass is 311 g/mol. The van der Waals surface area contributed by atoms with Gasteiger partial charge in [0.1, 0.15) is 5.76 Å². The van der Waals surface area contributed by atoms with Crippen molar-refractivity contribution in [2.75, 3.05) is 0 Å². The van der Waals surface area contributed by atoms with Crippen LogP contribution in [0.3, 0.4) is 0 Å². The second-order valence-corrected chi connectivity index (χ2v) is 6.12. The van der Waals surface area contributed by atoms with Crippen molar-refractivity contribution < 1.29 is 17.9 Å². The molecule has 0 saturated carbocycles. The summed E-state index contributed by atoms with van der Waals surface area (Å²) in [5.41, 5.74) is 0.415. The molecule has 21 heavy (non-hydrogen) atoms. The molecule has 2 aromatic rings. The van der Waals surface area contributed by atoms with Crippen LogP contribution >= 0.6 is 0 Å². The Morgan fingerprint density at radius 1 is 1.38 bits per heavy atom. The van der Waals surface area contributed by atoms with Gasteiger partial charge in [-0.2, -0.15) is 0 Å². The fourth-order valence-corrected chi connectivity index (χ4v) is 3.26. The molecule has 8 nitrogen and oxygen atoms in total. The number of rotatable bonds is 5. The normalized spacial score (nSPS) is 11.5. The molecule has 0 spiro atoms. The van der Waals surface area contributed by atoms with Gasteiger partial charge in [0.15, 0.2) is 4.90 Å². The molecule has 0 amide bonds. The topological polar surface area (TPSA) is 115 Å². The van der Waals surface area contributed by atoms with Crippen LogP contribution in [0.5, 0.6) is 0 Å². The van der Waals surface area contributed by atoms with Crippen LogP contribution in [-0.4, -0.2) is 18.5 Å². The average Bonchev–Trinajstić information content (AvgIpc) is 2.81. The number of nitrogens with one attached hydrogen (secondary N) is 1. The number of nitro groups is 1. The molecule has 0 unspecified atom stereocenters. The Kier molecular flexibility index (Phi) is 4.05. The lowest BCUT2D eigenvalue weighted by Gasteiger charge is -2.09. The van der Waals surface area contributed by atoms with Crippen molar-refractivity contribution in [2.24, 2.45) is 0 Å². The summed E-state index contributed by atoms with van der Waals surface area (Å²) in [6.07, 6.45) is 1.39. The van der Waals surface area contributed by atoms with Crippen LogP contribution in [0.25, 0.3) is 0 Å². The van der Waals surface area contributed by atoms with Crippen LogP contribution in [0.2, 0.25) is 0 Å². The molecule has 1 aromatic heterocycles. The highest BCUT2D eigenvalue weighted by atomic mass is 32.2. The SMILES string of the molecule is Cc1cccc([N+](=O)[O-])c1S(=O)(=O)NCc1cnoc1C. The summed E-state index contributed by atoms with van der Waals surface area (Å²) in [6.45, 7) is 3.10. The summed E-state index contributed by atoms with van der Waals surface area (Å²) in [7, 11) is -4.02. The number of aromatic nitrogens is 1.